The Labute approximate surface area is 204 Å². The first kappa shape index (κ1) is 23.3. The number of benzene rings is 1. The Morgan fingerprint density at radius 3 is 2.60 bits per heavy atom. The Balaban J connectivity index is 1.62. The number of carbonyl (C=O) groups is 1. The monoisotopic (exact) mass is 478 g/mol. The maximum absolute atomic E-state index is 12.4. The Bertz CT molecular complexity index is 1230. The van der Waals surface area contributed by atoms with Gasteiger partial charge >= 0.3 is 0 Å². The van der Waals surface area contributed by atoms with Gasteiger partial charge in [0.15, 0.2) is 5.65 Å². The molecule has 1 amide bonds. The number of morpholine rings is 2. The van der Waals surface area contributed by atoms with Crippen LogP contribution in [0.15, 0.2) is 30.3 Å². The third-order valence-corrected chi connectivity index (χ3v) is 6.43. The number of fused-ring (bicyclic) bond motifs is 1. The van der Waals surface area contributed by atoms with Crippen molar-refractivity contribution in [2.45, 2.75) is 13.0 Å². The fourth-order valence-electron chi connectivity index (χ4n) is 4.49. The van der Waals surface area contributed by atoms with E-state index >= 15 is 0 Å². The molecule has 1 aromatic carbocycles. The summed E-state index contributed by atoms with van der Waals surface area (Å²) >= 11 is 0. The molecule has 2 aliphatic heterocycles. The molecule has 2 aliphatic rings. The number of carbonyl (C=O) groups excluding carboxylic acids is 1. The smallest absolute Gasteiger partial charge is 0.254 e. The predicted molar refractivity (Wildman–Crippen MR) is 133 cm³/mol. The van der Waals surface area contributed by atoms with Gasteiger partial charge in [0.25, 0.3) is 5.91 Å². The zero-order chi connectivity index (χ0) is 24.4. The molecule has 1 atom stereocenters. The number of anilines is 2. The van der Waals surface area contributed by atoms with E-state index in [4.69, 9.17) is 29.2 Å². The first-order valence-electron chi connectivity index (χ1n) is 11.9. The molecule has 10 nitrogen and oxygen atoms in total. The summed E-state index contributed by atoms with van der Waals surface area (Å²) in [6.07, 6.45) is 0. The molecule has 2 aromatic heterocycles. The van der Waals surface area contributed by atoms with Gasteiger partial charge in [0.1, 0.15) is 11.6 Å². The van der Waals surface area contributed by atoms with Crippen LogP contribution in [0.1, 0.15) is 17.3 Å². The number of nitrogens with one attached hydrogen (secondary N) is 1. The largest absolute Gasteiger partial charge is 0.496 e. The van der Waals surface area contributed by atoms with E-state index in [2.05, 4.69) is 22.0 Å². The molecule has 3 aromatic rings. The van der Waals surface area contributed by atoms with E-state index in [0.29, 0.717) is 49.3 Å². The van der Waals surface area contributed by atoms with Crippen LogP contribution in [0.4, 0.5) is 11.8 Å². The third-order valence-electron chi connectivity index (χ3n) is 6.43. The molecule has 35 heavy (non-hydrogen) atoms. The molecular weight excluding hydrogens is 448 g/mol. The van der Waals surface area contributed by atoms with E-state index in [1.165, 1.54) is 0 Å². The van der Waals surface area contributed by atoms with Gasteiger partial charge in [-0.05, 0) is 37.3 Å². The summed E-state index contributed by atoms with van der Waals surface area (Å²) in [5.41, 5.74) is 2.59. The molecule has 0 saturated carbocycles. The van der Waals surface area contributed by atoms with Crippen LogP contribution >= 0.6 is 0 Å². The maximum atomic E-state index is 12.4. The molecule has 0 spiro atoms. The van der Waals surface area contributed by atoms with Crippen molar-refractivity contribution in [3.63, 3.8) is 0 Å². The van der Waals surface area contributed by atoms with Crippen molar-refractivity contribution in [1.29, 1.82) is 0 Å². The molecule has 0 radical (unpaired) electrons. The number of ether oxygens (including phenoxy) is 3. The van der Waals surface area contributed by atoms with Crippen molar-refractivity contribution in [2.75, 3.05) is 70.0 Å². The molecular formula is C25H30N6O4. The normalized spacial score (nSPS) is 18.5. The van der Waals surface area contributed by atoms with Crippen LogP contribution in [-0.2, 0) is 9.47 Å². The van der Waals surface area contributed by atoms with Crippen LogP contribution in [0.3, 0.4) is 0 Å². The maximum Gasteiger partial charge on any atom is 0.254 e. The lowest BCUT2D eigenvalue weighted by atomic mass is 10.1. The number of rotatable bonds is 5. The number of methoxy groups -OCH3 is 1. The average molecular weight is 479 g/mol. The molecule has 2 fully saturated rings. The Kier molecular flexibility index (Phi) is 6.65. The van der Waals surface area contributed by atoms with Crippen LogP contribution in [-0.4, -0.2) is 87.1 Å². The summed E-state index contributed by atoms with van der Waals surface area (Å²) in [4.78, 5) is 31.6. The molecule has 1 unspecified atom stereocenters. The zero-order valence-electron chi connectivity index (χ0n) is 20.3. The SMILES string of the molecule is CNC(=O)c1cc(-c2ccc3c(N4CCOCC4)nc(N4CCOCC4C)nc3n2)ccc1OC. The van der Waals surface area contributed by atoms with Gasteiger partial charge in [-0.15, -0.1) is 0 Å². The highest BCUT2D eigenvalue weighted by molar-refractivity contribution is 5.98. The second-order valence-corrected chi connectivity index (χ2v) is 8.63. The van der Waals surface area contributed by atoms with Crippen LogP contribution in [0.2, 0.25) is 0 Å². The molecule has 184 valence electrons. The third kappa shape index (κ3) is 4.59. The molecule has 4 heterocycles. The van der Waals surface area contributed by atoms with Gasteiger partial charge in [0.05, 0.1) is 56.2 Å². The number of nitrogens with zero attached hydrogens (tertiary/aromatic N) is 5. The second kappa shape index (κ2) is 10.0. The molecule has 10 heteroatoms. The minimum Gasteiger partial charge on any atom is -0.496 e. The van der Waals surface area contributed by atoms with Gasteiger partial charge in [0, 0.05) is 32.2 Å². The van der Waals surface area contributed by atoms with Crippen LogP contribution in [0.25, 0.3) is 22.3 Å². The quantitative estimate of drug-likeness (QED) is 0.591. The number of aromatic nitrogens is 3. The summed E-state index contributed by atoms with van der Waals surface area (Å²) in [7, 11) is 3.15. The molecule has 5 rings (SSSR count). The van der Waals surface area contributed by atoms with E-state index in [1.807, 2.05) is 18.2 Å². The van der Waals surface area contributed by atoms with Gasteiger partial charge in [-0.2, -0.15) is 9.97 Å². The van der Waals surface area contributed by atoms with Crippen LogP contribution in [0.5, 0.6) is 5.75 Å². The van der Waals surface area contributed by atoms with Gasteiger partial charge < -0.3 is 29.3 Å². The lowest BCUT2D eigenvalue weighted by Gasteiger charge is -2.34. The fraction of sp³-hybridized carbons (Fsp3) is 0.440. The minimum atomic E-state index is -0.218. The van der Waals surface area contributed by atoms with Crippen molar-refractivity contribution in [3.05, 3.63) is 35.9 Å². The highest BCUT2D eigenvalue weighted by Crippen LogP contribution is 2.31. The second-order valence-electron chi connectivity index (χ2n) is 8.63. The first-order chi connectivity index (χ1) is 17.1. The molecule has 0 bridgehead atoms. The van der Waals surface area contributed by atoms with Crippen molar-refractivity contribution in [3.8, 4) is 17.0 Å². The Hall–Kier alpha value is -3.50. The Morgan fingerprint density at radius 1 is 1.06 bits per heavy atom. The number of hydrogen-bond donors (Lipinski definition) is 1. The summed E-state index contributed by atoms with van der Waals surface area (Å²) in [5, 5.41) is 3.55. The number of amides is 1. The molecule has 2 saturated heterocycles. The van der Waals surface area contributed by atoms with Crippen molar-refractivity contribution in [2.24, 2.45) is 0 Å². The van der Waals surface area contributed by atoms with Crippen LogP contribution < -0.4 is 19.9 Å². The standard InChI is InChI=1S/C25H30N6O4/c1-16-15-35-13-10-31(16)25-28-22-18(23(29-25)30-8-11-34-12-9-30)5-6-20(27-22)17-4-7-21(33-3)19(14-17)24(32)26-2/h4-7,14,16H,8-13,15H2,1-3H3,(H,26,32). The van der Waals surface area contributed by atoms with Crippen molar-refractivity contribution < 1.29 is 19.0 Å². The number of pyridine rings is 1. The lowest BCUT2D eigenvalue weighted by molar-refractivity contribution is 0.0960. The minimum absolute atomic E-state index is 0.165. The highest BCUT2D eigenvalue weighted by atomic mass is 16.5. The summed E-state index contributed by atoms with van der Waals surface area (Å²) in [6, 6.07) is 9.60. The van der Waals surface area contributed by atoms with E-state index in [0.717, 1.165) is 42.1 Å². The van der Waals surface area contributed by atoms with Crippen LogP contribution in [0, 0.1) is 0 Å². The van der Waals surface area contributed by atoms with E-state index in [1.54, 1.807) is 26.3 Å². The predicted octanol–water partition coefficient (Wildman–Crippen LogP) is 2.12. The molecule has 0 aliphatic carbocycles. The lowest BCUT2D eigenvalue weighted by Crippen LogP contribution is -2.45. The topological polar surface area (TPSA) is 102 Å². The molecule has 1 N–H and O–H groups in total. The van der Waals surface area contributed by atoms with Crippen molar-refractivity contribution in [1.82, 2.24) is 20.3 Å². The van der Waals surface area contributed by atoms with Gasteiger partial charge in [-0.25, -0.2) is 4.98 Å². The highest BCUT2D eigenvalue weighted by Gasteiger charge is 2.25. The van der Waals surface area contributed by atoms with E-state index in [-0.39, 0.29) is 11.9 Å². The van der Waals surface area contributed by atoms with Gasteiger partial charge in [-0.3, -0.25) is 4.79 Å². The summed E-state index contributed by atoms with van der Waals surface area (Å²) in [6.45, 7) is 6.96. The van der Waals surface area contributed by atoms with Crippen molar-refractivity contribution >= 4 is 28.7 Å². The first-order valence-corrected chi connectivity index (χ1v) is 11.9. The fourth-order valence-corrected chi connectivity index (χ4v) is 4.49. The number of hydrogen-bond acceptors (Lipinski definition) is 9. The van der Waals surface area contributed by atoms with E-state index < -0.39 is 0 Å². The van der Waals surface area contributed by atoms with Gasteiger partial charge in [-0.1, -0.05) is 0 Å². The van der Waals surface area contributed by atoms with Gasteiger partial charge in [0.2, 0.25) is 5.95 Å². The average Bonchev–Trinajstić information content (AvgIpc) is 2.92. The Morgan fingerprint density at radius 2 is 1.86 bits per heavy atom. The zero-order valence-corrected chi connectivity index (χ0v) is 20.3. The summed E-state index contributed by atoms with van der Waals surface area (Å²) in [5.74, 6) is 1.81. The van der Waals surface area contributed by atoms with E-state index in [9.17, 15) is 4.79 Å². The summed E-state index contributed by atoms with van der Waals surface area (Å²) < 4.78 is 16.6.